The Morgan fingerprint density at radius 2 is 2.11 bits per heavy atom. The molecule has 0 aliphatic carbocycles. The molecule has 2 aliphatic rings. The average Bonchev–Trinajstić information content (AvgIpc) is 3.03. The summed E-state index contributed by atoms with van der Waals surface area (Å²) in [5.74, 6) is 0.789. The van der Waals surface area contributed by atoms with Crippen molar-refractivity contribution in [2.75, 3.05) is 14.2 Å². The quantitative estimate of drug-likeness (QED) is 0.922. The fourth-order valence-electron chi connectivity index (χ4n) is 3.28. The highest BCUT2D eigenvalue weighted by atomic mass is 32.1. The Balaban J connectivity index is 1.73. The summed E-state index contributed by atoms with van der Waals surface area (Å²) >= 11 is 1.46. The fourth-order valence-corrected chi connectivity index (χ4v) is 4.12. The third-order valence-corrected chi connectivity index (χ3v) is 5.24. The Labute approximate surface area is 117 Å². The normalized spacial score (nSPS) is 29.3. The van der Waals surface area contributed by atoms with Gasteiger partial charge in [-0.2, -0.15) is 0 Å². The number of nitrogens with one attached hydrogen (secondary N) is 1. The number of fused-ring (bicyclic) bond motifs is 2. The molecule has 0 radical (unpaired) electrons. The highest BCUT2D eigenvalue weighted by Gasteiger charge is 2.37. The van der Waals surface area contributed by atoms with E-state index < -0.39 is 0 Å². The van der Waals surface area contributed by atoms with Gasteiger partial charge in [-0.05, 0) is 37.1 Å². The molecule has 2 saturated heterocycles. The zero-order valence-corrected chi connectivity index (χ0v) is 12.2. The van der Waals surface area contributed by atoms with Gasteiger partial charge in [-0.15, -0.1) is 11.3 Å². The number of hydrogen-bond acceptors (Lipinski definition) is 4. The number of ether oxygens (including phenoxy) is 1. The number of methoxy groups -OCH3 is 1. The van der Waals surface area contributed by atoms with Gasteiger partial charge in [0.15, 0.2) is 0 Å². The second kappa shape index (κ2) is 5.13. The molecular weight excluding hydrogens is 260 g/mol. The first-order valence-electron chi connectivity index (χ1n) is 6.83. The summed E-state index contributed by atoms with van der Waals surface area (Å²) in [6.45, 7) is 0. The highest BCUT2D eigenvalue weighted by molar-refractivity contribution is 7.12. The Morgan fingerprint density at radius 1 is 1.42 bits per heavy atom. The van der Waals surface area contributed by atoms with Crippen molar-refractivity contribution < 1.29 is 9.53 Å². The van der Waals surface area contributed by atoms with Crippen LogP contribution in [-0.2, 0) is 0 Å². The van der Waals surface area contributed by atoms with Gasteiger partial charge in [-0.3, -0.25) is 4.79 Å². The lowest BCUT2D eigenvalue weighted by Crippen LogP contribution is -2.48. The molecule has 2 aliphatic heterocycles. The van der Waals surface area contributed by atoms with E-state index in [1.807, 2.05) is 23.4 Å². The van der Waals surface area contributed by atoms with Crippen molar-refractivity contribution in [3.05, 3.63) is 16.3 Å². The van der Waals surface area contributed by atoms with E-state index in [2.05, 4.69) is 5.32 Å². The van der Waals surface area contributed by atoms with Crippen molar-refractivity contribution in [2.45, 2.75) is 43.8 Å². The lowest BCUT2D eigenvalue weighted by molar-refractivity contribution is 0.0683. The van der Waals surface area contributed by atoms with E-state index in [0.717, 1.165) is 17.7 Å². The zero-order valence-electron chi connectivity index (χ0n) is 11.4. The monoisotopic (exact) mass is 280 g/mol. The number of nitrogens with zero attached hydrogens (tertiary/aromatic N) is 1. The summed E-state index contributed by atoms with van der Waals surface area (Å²) in [5.41, 5.74) is 0. The van der Waals surface area contributed by atoms with Gasteiger partial charge in [-0.25, -0.2) is 0 Å². The second-order valence-corrected chi connectivity index (χ2v) is 6.41. The Kier molecular flexibility index (Phi) is 3.50. The smallest absolute Gasteiger partial charge is 0.267 e. The molecule has 1 aromatic heterocycles. The standard InChI is InChI=1S/C14H20N2O2S/c1-16(11-7-9-3-4-10(8-11)15-9)14(17)13-12(18-2)5-6-19-13/h5-6,9-11,15H,3-4,7-8H2,1-2H3. The molecule has 0 spiro atoms. The van der Waals surface area contributed by atoms with Gasteiger partial charge in [0.1, 0.15) is 10.6 Å². The first-order valence-corrected chi connectivity index (χ1v) is 7.71. The Hall–Kier alpha value is -1.07. The van der Waals surface area contributed by atoms with Gasteiger partial charge in [0.2, 0.25) is 0 Å². The maximum Gasteiger partial charge on any atom is 0.267 e. The molecule has 4 nitrogen and oxygen atoms in total. The van der Waals surface area contributed by atoms with Crippen molar-refractivity contribution in [3.63, 3.8) is 0 Å². The van der Waals surface area contributed by atoms with E-state index >= 15 is 0 Å². The van der Waals surface area contributed by atoms with Crippen molar-refractivity contribution in [2.24, 2.45) is 0 Å². The van der Waals surface area contributed by atoms with Crippen LogP contribution in [-0.4, -0.2) is 43.1 Å². The zero-order chi connectivity index (χ0) is 13.4. The van der Waals surface area contributed by atoms with Crippen molar-refractivity contribution >= 4 is 17.2 Å². The molecule has 3 rings (SSSR count). The molecule has 3 heterocycles. The third kappa shape index (κ3) is 2.37. The molecule has 0 aromatic carbocycles. The lowest BCUT2D eigenvalue weighted by atomic mass is 9.98. The van der Waals surface area contributed by atoms with E-state index in [1.165, 1.54) is 24.2 Å². The van der Waals surface area contributed by atoms with Crippen LogP contribution in [0.5, 0.6) is 5.75 Å². The number of carbonyl (C=O) groups is 1. The summed E-state index contributed by atoms with van der Waals surface area (Å²) in [4.78, 5) is 15.2. The van der Waals surface area contributed by atoms with Crippen molar-refractivity contribution in [1.29, 1.82) is 0 Å². The minimum atomic E-state index is 0.0955. The Bertz CT molecular complexity index is 462. The molecule has 2 bridgehead atoms. The van der Waals surface area contributed by atoms with Crippen LogP contribution < -0.4 is 10.1 Å². The average molecular weight is 280 g/mol. The maximum atomic E-state index is 12.6. The lowest BCUT2D eigenvalue weighted by Gasteiger charge is -2.35. The molecule has 1 aromatic rings. The molecule has 2 unspecified atom stereocenters. The Morgan fingerprint density at radius 3 is 2.74 bits per heavy atom. The van der Waals surface area contributed by atoms with Gasteiger partial charge in [0, 0.05) is 25.2 Å². The van der Waals surface area contributed by atoms with Crippen LogP contribution in [0.25, 0.3) is 0 Å². The van der Waals surface area contributed by atoms with Crippen LogP contribution in [0.2, 0.25) is 0 Å². The first kappa shape index (κ1) is 12.9. The SMILES string of the molecule is COc1ccsc1C(=O)N(C)C1CC2CCC(C1)N2. The van der Waals surface area contributed by atoms with Gasteiger partial charge >= 0.3 is 0 Å². The third-order valence-electron chi connectivity index (χ3n) is 4.36. The fraction of sp³-hybridized carbons (Fsp3) is 0.643. The second-order valence-electron chi connectivity index (χ2n) is 5.50. The summed E-state index contributed by atoms with van der Waals surface area (Å²) in [6.07, 6.45) is 4.66. The number of hydrogen-bond donors (Lipinski definition) is 1. The topological polar surface area (TPSA) is 41.6 Å². The van der Waals surface area contributed by atoms with Gasteiger partial charge in [0.05, 0.1) is 7.11 Å². The summed E-state index contributed by atoms with van der Waals surface area (Å²) in [7, 11) is 3.54. The van der Waals surface area contributed by atoms with Gasteiger partial charge in [-0.1, -0.05) is 0 Å². The van der Waals surface area contributed by atoms with Crippen LogP contribution in [0, 0.1) is 0 Å². The van der Waals surface area contributed by atoms with E-state index in [9.17, 15) is 4.79 Å². The van der Waals surface area contributed by atoms with Crippen LogP contribution in [0.3, 0.4) is 0 Å². The minimum Gasteiger partial charge on any atom is -0.495 e. The largest absolute Gasteiger partial charge is 0.495 e. The van der Waals surface area contributed by atoms with E-state index in [1.54, 1.807) is 7.11 Å². The number of piperidine rings is 1. The summed E-state index contributed by atoms with van der Waals surface area (Å²) < 4.78 is 5.25. The predicted molar refractivity (Wildman–Crippen MR) is 75.9 cm³/mol. The minimum absolute atomic E-state index is 0.0955. The number of amides is 1. The molecule has 1 amide bonds. The predicted octanol–water partition coefficient (Wildman–Crippen LogP) is 2.11. The van der Waals surface area contributed by atoms with E-state index in [0.29, 0.717) is 23.9 Å². The molecular formula is C14H20N2O2S. The molecule has 104 valence electrons. The molecule has 2 fully saturated rings. The van der Waals surface area contributed by atoms with E-state index in [4.69, 9.17) is 4.74 Å². The molecule has 5 heteroatoms. The van der Waals surface area contributed by atoms with Crippen LogP contribution in [0.15, 0.2) is 11.4 Å². The van der Waals surface area contributed by atoms with Gasteiger partial charge < -0.3 is 15.0 Å². The van der Waals surface area contributed by atoms with Crippen molar-refractivity contribution in [3.8, 4) is 5.75 Å². The first-order chi connectivity index (χ1) is 9.19. The molecule has 1 N–H and O–H groups in total. The maximum absolute atomic E-state index is 12.6. The van der Waals surface area contributed by atoms with Crippen LogP contribution >= 0.6 is 11.3 Å². The highest BCUT2D eigenvalue weighted by Crippen LogP contribution is 2.32. The molecule has 19 heavy (non-hydrogen) atoms. The van der Waals surface area contributed by atoms with E-state index in [-0.39, 0.29) is 5.91 Å². The summed E-state index contributed by atoms with van der Waals surface area (Å²) in [6, 6.07) is 3.42. The number of rotatable bonds is 3. The van der Waals surface area contributed by atoms with Crippen molar-refractivity contribution in [1.82, 2.24) is 10.2 Å². The molecule has 0 saturated carbocycles. The molecule has 2 atom stereocenters. The number of thiophene rings is 1. The van der Waals surface area contributed by atoms with Crippen LogP contribution in [0.4, 0.5) is 0 Å². The summed E-state index contributed by atoms with van der Waals surface area (Å²) in [5, 5.41) is 5.52. The van der Waals surface area contributed by atoms with Crippen LogP contribution in [0.1, 0.15) is 35.4 Å². The van der Waals surface area contributed by atoms with Gasteiger partial charge in [0.25, 0.3) is 5.91 Å². The number of carbonyl (C=O) groups excluding carboxylic acids is 1.